The van der Waals surface area contributed by atoms with Crippen LogP contribution in [0.15, 0.2) is 70.5 Å². The molecule has 10 heteroatoms. The van der Waals surface area contributed by atoms with Gasteiger partial charge in [0.15, 0.2) is 0 Å². The highest BCUT2D eigenvalue weighted by Gasteiger charge is 2.10. The van der Waals surface area contributed by atoms with Crippen molar-refractivity contribution in [2.75, 3.05) is 22.1 Å². The number of nitrogen functional groups attached to an aromatic ring is 2. The number of hydrogen-bond acceptors (Lipinski definition) is 8. The molecule has 0 unspecified atom stereocenters. The summed E-state index contributed by atoms with van der Waals surface area (Å²) in [7, 11) is -4.25. The van der Waals surface area contributed by atoms with Gasteiger partial charge in [-0.2, -0.15) is 8.42 Å². The van der Waals surface area contributed by atoms with Crippen molar-refractivity contribution in [1.29, 1.82) is 0 Å². The van der Waals surface area contributed by atoms with Crippen LogP contribution in [0.1, 0.15) is 5.56 Å². The van der Waals surface area contributed by atoms with Gasteiger partial charge in [-0.1, -0.05) is 12.1 Å². The lowest BCUT2D eigenvalue weighted by Crippen LogP contribution is -2.05. The zero-order valence-corrected chi connectivity index (χ0v) is 16.8. The second-order valence-corrected chi connectivity index (χ2v) is 8.32. The summed E-state index contributed by atoms with van der Waals surface area (Å²) in [5.41, 5.74) is 15.9. The van der Waals surface area contributed by atoms with Crippen LogP contribution in [0.25, 0.3) is 0 Å². The minimum absolute atomic E-state index is 0.193. The molecule has 0 atom stereocenters. The Labute approximate surface area is 172 Å². The lowest BCUT2D eigenvalue weighted by molar-refractivity contribution is 0.483. The Kier molecular flexibility index (Phi) is 6.18. The lowest BCUT2D eigenvalue weighted by atomic mass is 10.1. The Morgan fingerprint density at radius 2 is 1.52 bits per heavy atom. The van der Waals surface area contributed by atoms with E-state index in [0.29, 0.717) is 47.0 Å². The Balaban J connectivity index is 1.76. The molecule has 3 rings (SSSR count). The summed E-state index contributed by atoms with van der Waals surface area (Å²) in [6.45, 7) is 0.521. The van der Waals surface area contributed by atoms with E-state index < -0.39 is 10.1 Å². The normalized spacial score (nSPS) is 11.2. The van der Waals surface area contributed by atoms with Crippen LogP contribution in [-0.4, -0.2) is 17.5 Å². The van der Waals surface area contributed by atoms with Crippen LogP contribution < -0.4 is 22.1 Å². The summed E-state index contributed by atoms with van der Waals surface area (Å²) >= 11 is 0.691. The molecule has 0 aliphatic carbocycles. The van der Waals surface area contributed by atoms with Crippen LogP contribution in [0.5, 0.6) is 0 Å². The molecule has 152 valence electrons. The summed E-state index contributed by atoms with van der Waals surface area (Å²) in [6.07, 6.45) is 0. The predicted octanol–water partition coefficient (Wildman–Crippen LogP) is 4.02. The molecule has 29 heavy (non-hydrogen) atoms. The maximum Gasteiger partial charge on any atom is 0.294 e. The molecule has 0 spiro atoms. The molecule has 0 amide bonds. The Bertz CT molecular complexity index is 1100. The van der Waals surface area contributed by atoms with Crippen LogP contribution in [0.3, 0.4) is 0 Å². The number of hydrogen-bond donors (Lipinski definition) is 6. The molecular formula is C19H20N4O4S2. The van der Waals surface area contributed by atoms with Crippen LogP contribution in [0.4, 0.5) is 28.4 Å². The van der Waals surface area contributed by atoms with Gasteiger partial charge in [-0.25, -0.2) is 0 Å². The van der Waals surface area contributed by atoms with Crippen molar-refractivity contribution in [3.63, 3.8) is 0 Å². The number of benzene rings is 3. The molecule has 3 aromatic rings. The average molecular weight is 433 g/mol. The van der Waals surface area contributed by atoms with Crippen molar-refractivity contribution in [3.05, 3.63) is 66.2 Å². The van der Waals surface area contributed by atoms with Gasteiger partial charge in [-0.3, -0.25) is 4.55 Å². The van der Waals surface area contributed by atoms with Gasteiger partial charge in [-0.05, 0) is 54.1 Å². The maximum absolute atomic E-state index is 11.1. The molecule has 8 N–H and O–H groups in total. The van der Waals surface area contributed by atoms with Gasteiger partial charge in [0.2, 0.25) is 0 Å². The largest absolute Gasteiger partial charge is 0.397 e. The van der Waals surface area contributed by atoms with E-state index in [9.17, 15) is 8.42 Å². The molecule has 0 aliphatic heterocycles. The molecule has 0 radical (unpaired) electrons. The van der Waals surface area contributed by atoms with Gasteiger partial charge in [0.05, 0.1) is 27.6 Å². The second-order valence-electron chi connectivity index (χ2n) is 6.24. The minimum atomic E-state index is -4.25. The lowest BCUT2D eigenvalue weighted by Gasteiger charge is -2.15. The summed E-state index contributed by atoms with van der Waals surface area (Å²) in [4.78, 5) is 0.563. The monoisotopic (exact) mass is 432 g/mol. The molecule has 0 saturated heterocycles. The summed E-state index contributed by atoms with van der Waals surface area (Å²) < 4.78 is 40.4. The van der Waals surface area contributed by atoms with Crippen LogP contribution in [0.2, 0.25) is 0 Å². The van der Waals surface area contributed by atoms with Gasteiger partial charge >= 0.3 is 0 Å². The van der Waals surface area contributed by atoms with E-state index in [1.807, 2.05) is 24.3 Å². The van der Waals surface area contributed by atoms with E-state index >= 15 is 0 Å². The Morgan fingerprint density at radius 3 is 2.10 bits per heavy atom. The molecule has 0 aliphatic rings. The summed E-state index contributed by atoms with van der Waals surface area (Å²) in [5, 5.41) is 6.35. The van der Waals surface area contributed by atoms with E-state index in [1.54, 1.807) is 12.1 Å². The van der Waals surface area contributed by atoms with E-state index in [1.165, 1.54) is 24.3 Å². The highest BCUT2D eigenvalue weighted by molar-refractivity contribution is 7.93. The van der Waals surface area contributed by atoms with E-state index in [-0.39, 0.29) is 4.90 Å². The second kappa shape index (κ2) is 8.62. The van der Waals surface area contributed by atoms with Gasteiger partial charge in [-0.15, -0.1) is 0 Å². The van der Waals surface area contributed by atoms with Gasteiger partial charge in [0.1, 0.15) is 0 Å². The highest BCUT2D eigenvalue weighted by atomic mass is 32.2. The summed E-state index contributed by atoms with van der Waals surface area (Å²) in [6, 6.07) is 16.4. The van der Waals surface area contributed by atoms with Crippen LogP contribution in [-0.2, 0) is 16.7 Å². The van der Waals surface area contributed by atoms with E-state index in [0.717, 1.165) is 10.5 Å². The number of nitrogens with one attached hydrogen (secondary N) is 2. The van der Waals surface area contributed by atoms with E-state index in [2.05, 4.69) is 10.6 Å². The zero-order valence-electron chi connectivity index (χ0n) is 15.2. The fraction of sp³-hybridized carbons (Fsp3) is 0.0526. The third kappa shape index (κ3) is 5.33. The third-order valence-corrected chi connectivity index (χ3v) is 5.52. The quantitative estimate of drug-likeness (QED) is 0.185. The number of anilines is 5. The topological polar surface area (TPSA) is 151 Å². The number of nitrogens with two attached hydrogens (primary N) is 2. The molecule has 3 aromatic carbocycles. The molecule has 0 fully saturated rings. The van der Waals surface area contributed by atoms with Crippen molar-refractivity contribution in [2.24, 2.45) is 0 Å². The molecule has 0 aromatic heterocycles. The van der Waals surface area contributed by atoms with Gasteiger partial charge in [0, 0.05) is 29.2 Å². The van der Waals surface area contributed by atoms with Crippen molar-refractivity contribution in [2.45, 2.75) is 16.3 Å². The smallest absolute Gasteiger partial charge is 0.294 e. The molecule has 0 heterocycles. The first-order valence-electron chi connectivity index (χ1n) is 8.44. The SMILES string of the molecule is Nc1cc(N)c(Nc2ccc(S(=O)(=O)O)cc2)cc1NCc1ccc(SO)cc1. The average Bonchev–Trinajstić information content (AvgIpc) is 2.69. The maximum atomic E-state index is 11.1. The first-order valence-corrected chi connectivity index (χ1v) is 10.7. The molecule has 0 bridgehead atoms. The highest BCUT2D eigenvalue weighted by Crippen LogP contribution is 2.32. The molecule has 0 saturated carbocycles. The van der Waals surface area contributed by atoms with E-state index in [4.69, 9.17) is 20.6 Å². The van der Waals surface area contributed by atoms with Crippen molar-refractivity contribution in [1.82, 2.24) is 0 Å². The first kappa shape index (κ1) is 20.8. The predicted molar refractivity (Wildman–Crippen MR) is 117 cm³/mol. The van der Waals surface area contributed by atoms with Crippen LogP contribution >= 0.6 is 12.0 Å². The van der Waals surface area contributed by atoms with Gasteiger partial charge < -0.3 is 26.7 Å². The third-order valence-electron chi connectivity index (χ3n) is 4.16. The van der Waals surface area contributed by atoms with Crippen LogP contribution in [0, 0.1) is 0 Å². The molecule has 8 nitrogen and oxygen atoms in total. The standard InChI is InChI=1S/C19H20N4O4S2/c20-16-9-17(21)19(23-13-3-7-15(8-4-13)29(25,26)27)10-18(16)22-11-12-1-5-14(28-24)6-2-12/h1-10,22-24H,11,20-21H2,(H,25,26,27). The Morgan fingerprint density at radius 1 is 0.897 bits per heavy atom. The molecular weight excluding hydrogens is 412 g/mol. The van der Waals surface area contributed by atoms with Crippen molar-refractivity contribution < 1.29 is 17.5 Å². The minimum Gasteiger partial charge on any atom is -0.397 e. The fourth-order valence-corrected chi connectivity index (χ4v) is 3.36. The van der Waals surface area contributed by atoms with Crippen molar-refractivity contribution in [3.8, 4) is 0 Å². The fourth-order valence-electron chi connectivity index (χ4n) is 2.63. The van der Waals surface area contributed by atoms with Gasteiger partial charge in [0.25, 0.3) is 10.1 Å². The first-order chi connectivity index (χ1) is 13.8. The van der Waals surface area contributed by atoms with Crippen molar-refractivity contribution >= 4 is 50.6 Å². The zero-order chi connectivity index (χ0) is 21.0. The number of rotatable bonds is 7. The summed E-state index contributed by atoms with van der Waals surface area (Å²) in [5.74, 6) is 0. The Hall–Kier alpha value is -2.92.